The molecule has 2 atom stereocenters. The van der Waals surface area contributed by atoms with Crippen molar-refractivity contribution in [1.82, 2.24) is 9.62 Å². The molecule has 1 aromatic carbocycles. The van der Waals surface area contributed by atoms with Crippen LogP contribution in [0.1, 0.15) is 24.8 Å². The summed E-state index contributed by atoms with van der Waals surface area (Å²) in [6, 6.07) is 7.33. The summed E-state index contributed by atoms with van der Waals surface area (Å²) in [5.74, 6) is 0. The van der Waals surface area contributed by atoms with Gasteiger partial charge in [0.2, 0.25) is 10.0 Å². The smallest absolute Gasteiger partial charge is 0.243 e. The van der Waals surface area contributed by atoms with E-state index in [9.17, 15) is 8.42 Å². The first-order valence-electron chi connectivity index (χ1n) is 7.45. The molecular weight excluding hydrogens is 288 g/mol. The van der Waals surface area contributed by atoms with Crippen LogP contribution in [0.15, 0.2) is 29.2 Å². The molecule has 116 valence electrons. The Kier molecular flexibility index (Phi) is 4.31. The number of hydrogen-bond acceptors (Lipinski definition) is 4. The van der Waals surface area contributed by atoms with Crippen molar-refractivity contribution in [2.24, 2.45) is 0 Å². The molecule has 3 rings (SSSR count). The molecule has 0 aliphatic carbocycles. The standard InChI is InChI=1S/C15H22N2O3S/c1-20-11-12-3-2-4-15(9-12)21(18,19)17-13-5-6-14(17)10-16-8-7-13/h2-4,9,13-14,16H,5-8,10-11H2,1H3. The normalized spacial score (nSPS) is 26.7. The predicted molar refractivity (Wildman–Crippen MR) is 80.5 cm³/mol. The third-order valence-electron chi connectivity index (χ3n) is 4.37. The van der Waals surface area contributed by atoms with Gasteiger partial charge in [0.25, 0.3) is 0 Å². The van der Waals surface area contributed by atoms with E-state index in [1.54, 1.807) is 29.6 Å². The van der Waals surface area contributed by atoms with Crippen LogP contribution in [0.3, 0.4) is 0 Å². The Labute approximate surface area is 126 Å². The maximum absolute atomic E-state index is 13.0. The lowest BCUT2D eigenvalue weighted by Gasteiger charge is -2.27. The molecule has 0 saturated carbocycles. The molecule has 2 fully saturated rings. The molecule has 2 unspecified atom stereocenters. The molecular formula is C15H22N2O3S. The molecule has 2 aliphatic heterocycles. The second kappa shape index (κ2) is 6.04. The first-order chi connectivity index (χ1) is 10.1. The Morgan fingerprint density at radius 1 is 1.29 bits per heavy atom. The molecule has 0 spiro atoms. The quantitative estimate of drug-likeness (QED) is 0.912. The summed E-state index contributed by atoms with van der Waals surface area (Å²) in [6.07, 6.45) is 2.82. The van der Waals surface area contributed by atoms with Gasteiger partial charge in [0.15, 0.2) is 0 Å². The molecule has 1 N–H and O–H groups in total. The highest BCUT2D eigenvalue weighted by Crippen LogP contribution is 2.33. The molecule has 2 saturated heterocycles. The number of nitrogens with one attached hydrogen (secondary N) is 1. The van der Waals surface area contributed by atoms with E-state index in [1.165, 1.54) is 0 Å². The number of sulfonamides is 1. The highest BCUT2D eigenvalue weighted by Gasteiger charge is 2.42. The van der Waals surface area contributed by atoms with E-state index in [4.69, 9.17) is 4.74 Å². The average Bonchev–Trinajstić information content (AvgIpc) is 2.73. The number of rotatable bonds is 4. The van der Waals surface area contributed by atoms with Crippen molar-refractivity contribution in [2.45, 2.75) is 42.8 Å². The van der Waals surface area contributed by atoms with Crippen molar-refractivity contribution in [3.63, 3.8) is 0 Å². The summed E-state index contributed by atoms with van der Waals surface area (Å²) in [6.45, 7) is 2.09. The highest BCUT2D eigenvalue weighted by atomic mass is 32.2. The van der Waals surface area contributed by atoms with E-state index < -0.39 is 10.0 Å². The zero-order valence-corrected chi connectivity index (χ0v) is 13.1. The molecule has 6 heteroatoms. The summed E-state index contributed by atoms with van der Waals surface area (Å²) in [4.78, 5) is 0.385. The molecule has 0 aromatic heterocycles. The van der Waals surface area contributed by atoms with Crippen LogP contribution >= 0.6 is 0 Å². The Bertz CT molecular complexity index is 589. The van der Waals surface area contributed by atoms with Gasteiger partial charge in [-0.25, -0.2) is 8.42 Å². The Hall–Kier alpha value is -0.950. The van der Waals surface area contributed by atoms with E-state index in [0.717, 1.165) is 37.9 Å². The van der Waals surface area contributed by atoms with E-state index in [0.29, 0.717) is 11.5 Å². The molecule has 0 radical (unpaired) electrons. The van der Waals surface area contributed by atoms with Crippen molar-refractivity contribution in [3.05, 3.63) is 29.8 Å². The highest BCUT2D eigenvalue weighted by molar-refractivity contribution is 7.89. The van der Waals surface area contributed by atoms with Crippen molar-refractivity contribution in [2.75, 3.05) is 20.2 Å². The summed E-state index contributed by atoms with van der Waals surface area (Å²) in [7, 11) is -1.81. The van der Waals surface area contributed by atoms with Crippen LogP contribution in [0.25, 0.3) is 0 Å². The Balaban J connectivity index is 1.94. The summed E-state index contributed by atoms with van der Waals surface area (Å²) in [5, 5.41) is 3.34. The van der Waals surface area contributed by atoms with Crippen LogP contribution in [-0.2, 0) is 21.4 Å². The number of hydrogen-bond donors (Lipinski definition) is 1. The lowest BCUT2D eigenvalue weighted by Crippen LogP contribution is -2.42. The van der Waals surface area contributed by atoms with Crippen LogP contribution in [0.5, 0.6) is 0 Å². The monoisotopic (exact) mass is 310 g/mol. The summed E-state index contributed by atoms with van der Waals surface area (Å²) in [5.41, 5.74) is 0.888. The third-order valence-corrected chi connectivity index (χ3v) is 6.37. The van der Waals surface area contributed by atoms with Gasteiger partial charge in [-0.2, -0.15) is 4.31 Å². The molecule has 2 aliphatic rings. The van der Waals surface area contributed by atoms with Gasteiger partial charge in [0.1, 0.15) is 0 Å². The molecule has 2 bridgehead atoms. The maximum Gasteiger partial charge on any atom is 0.243 e. The van der Waals surface area contributed by atoms with Gasteiger partial charge in [0, 0.05) is 25.7 Å². The van der Waals surface area contributed by atoms with Gasteiger partial charge in [-0.15, -0.1) is 0 Å². The predicted octanol–water partition coefficient (Wildman–Crippen LogP) is 1.35. The fourth-order valence-electron chi connectivity index (χ4n) is 3.41. The van der Waals surface area contributed by atoms with E-state index in [-0.39, 0.29) is 12.1 Å². The second-order valence-electron chi connectivity index (χ2n) is 5.79. The number of fused-ring (bicyclic) bond motifs is 2. The van der Waals surface area contributed by atoms with Gasteiger partial charge < -0.3 is 10.1 Å². The van der Waals surface area contributed by atoms with Crippen molar-refractivity contribution < 1.29 is 13.2 Å². The van der Waals surface area contributed by atoms with Gasteiger partial charge >= 0.3 is 0 Å². The molecule has 1 aromatic rings. The van der Waals surface area contributed by atoms with Gasteiger partial charge in [0.05, 0.1) is 11.5 Å². The van der Waals surface area contributed by atoms with Crippen LogP contribution in [0, 0.1) is 0 Å². The largest absolute Gasteiger partial charge is 0.380 e. The first kappa shape index (κ1) is 15.0. The van der Waals surface area contributed by atoms with Gasteiger partial charge in [-0.3, -0.25) is 0 Å². The number of nitrogens with zero attached hydrogens (tertiary/aromatic N) is 1. The van der Waals surface area contributed by atoms with Crippen molar-refractivity contribution >= 4 is 10.0 Å². The lowest BCUT2D eigenvalue weighted by molar-refractivity contribution is 0.184. The van der Waals surface area contributed by atoms with Crippen molar-refractivity contribution in [1.29, 1.82) is 0 Å². The van der Waals surface area contributed by atoms with Gasteiger partial charge in [-0.1, -0.05) is 12.1 Å². The van der Waals surface area contributed by atoms with Crippen LogP contribution in [-0.4, -0.2) is 45.0 Å². The minimum atomic E-state index is -3.42. The van der Waals surface area contributed by atoms with E-state index >= 15 is 0 Å². The minimum absolute atomic E-state index is 0.0913. The van der Waals surface area contributed by atoms with E-state index in [2.05, 4.69) is 5.32 Å². The van der Waals surface area contributed by atoms with Crippen LogP contribution in [0.2, 0.25) is 0 Å². The average molecular weight is 310 g/mol. The molecule has 5 nitrogen and oxygen atoms in total. The zero-order valence-electron chi connectivity index (χ0n) is 12.3. The third kappa shape index (κ3) is 2.85. The SMILES string of the molecule is COCc1cccc(S(=O)(=O)N2C3CCNCC2CC3)c1. The van der Waals surface area contributed by atoms with E-state index in [1.807, 2.05) is 6.07 Å². The van der Waals surface area contributed by atoms with Crippen LogP contribution < -0.4 is 5.32 Å². The zero-order chi connectivity index (χ0) is 14.9. The van der Waals surface area contributed by atoms with Gasteiger partial charge in [-0.05, 0) is 43.5 Å². The fourth-order valence-corrected chi connectivity index (χ4v) is 5.39. The Morgan fingerprint density at radius 2 is 2.10 bits per heavy atom. The number of methoxy groups -OCH3 is 1. The molecule has 0 amide bonds. The number of ether oxygens (including phenoxy) is 1. The number of benzene rings is 1. The molecule has 21 heavy (non-hydrogen) atoms. The lowest BCUT2D eigenvalue weighted by atomic mass is 10.1. The summed E-state index contributed by atoms with van der Waals surface area (Å²) < 4.78 is 32.9. The fraction of sp³-hybridized carbons (Fsp3) is 0.600. The second-order valence-corrected chi connectivity index (χ2v) is 7.64. The topological polar surface area (TPSA) is 58.6 Å². The van der Waals surface area contributed by atoms with Crippen molar-refractivity contribution in [3.8, 4) is 0 Å². The first-order valence-corrected chi connectivity index (χ1v) is 8.89. The molecule has 2 heterocycles. The van der Waals surface area contributed by atoms with Crippen LogP contribution in [0.4, 0.5) is 0 Å². The summed E-state index contributed by atoms with van der Waals surface area (Å²) >= 11 is 0. The minimum Gasteiger partial charge on any atom is -0.380 e. The Morgan fingerprint density at radius 3 is 2.90 bits per heavy atom. The maximum atomic E-state index is 13.0.